The molecule has 124 valence electrons. The SMILES string of the molecule is CC(C)(C)OC(=O)Nc1ccc2c(c1C(=O)O)OCC1CC21C. The number of carboxylic acid groups (broad SMARTS) is 1. The van der Waals surface area contributed by atoms with Crippen molar-refractivity contribution in [2.45, 2.75) is 45.1 Å². The van der Waals surface area contributed by atoms with Crippen LogP contribution in [0.25, 0.3) is 0 Å². The maximum atomic E-state index is 11.9. The van der Waals surface area contributed by atoms with Gasteiger partial charge in [0.2, 0.25) is 0 Å². The number of rotatable bonds is 2. The lowest BCUT2D eigenvalue weighted by Gasteiger charge is -2.26. The highest BCUT2D eigenvalue weighted by Crippen LogP contribution is 2.60. The molecule has 0 saturated heterocycles. The highest BCUT2D eigenvalue weighted by molar-refractivity contribution is 6.02. The van der Waals surface area contributed by atoms with E-state index >= 15 is 0 Å². The normalized spacial score (nSPS) is 24.8. The number of carbonyl (C=O) groups excluding carboxylic acids is 1. The Hall–Kier alpha value is -2.24. The van der Waals surface area contributed by atoms with Crippen LogP contribution in [0.4, 0.5) is 10.5 Å². The van der Waals surface area contributed by atoms with Crippen LogP contribution in [0.15, 0.2) is 12.1 Å². The first-order chi connectivity index (χ1) is 10.6. The van der Waals surface area contributed by atoms with Gasteiger partial charge < -0.3 is 14.6 Å². The molecule has 1 aliphatic carbocycles. The van der Waals surface area contributed by atoms with Crippen LogP contribution in [-0.4, -0.2) is 29.4 Å². The second-order valence-electron chi connectivity index (χ2n) is 7.43. The summed E-state index contributed by atoms with van der Waals surface area (Å²) >= 11 is 0. The van der Waals surface area contributed by atoms with Crippen LogP contribution >= 0.6 is 0 Å². The molecule has 1 heterocycles. The third kappa shape index (κ3) is 2.73. The van der Waals surface area contributed by atoms with E-state index < -0.39 is 17.7 Å². The quantitative estimate of drug-likeness (QED) is 0.872. The van der Waals surface area contributed by atoms with Gasteiger partial charge in [-0.05, 0) is 33.3 Å². The molecular formula is C17H21NO5. The predicted molar refractivity (Wildman–Crippen MR) is 84.2 cm³/mol. The first kappa shape index (κ1) is 15.6. The summed E-state index contributed by atoms with van der Waals surface area (Å²) in [5, 5.41) is 12.1. The van der Waals surface area contributed by atoms with Gasteiger partial charge >= 0.3 is 12.1 Å². The van der Waals surface area contributed by atoms with Gasteiger partial charge in [0.15, 0.2) is 0 Å². The molecule has 6 heteroatoms. The summed E-state index contributed by atoms with van der Waals surface area (Å²) in [6.07, 6.45) is 0.309. The Morgan fingerprint density at radius 1 is 1.39 bits per heavy atom. The van der Waals surface area contributed by atoms with Crippen LogP contribution in [0.1, 0.15) is 50.0 Å². The molecule has 0 bridgehead atoms. The zero-order valence-electron chi connectivity index (χ0n) is 13.7. The molecule has 2 aliphatic rings. The second kappa shape index (κ2) is 4.88. The zero-order chi connectivity index (χ0) is 17.0. The van der Waals surface area contributed by atoms with E-state index in [2.05, 4.69) is 12.2 Å². The molecule has 1 fully saturated rings. The average molecular weight is 319 g/mol. The number of nitrogens with one attached hydrogen (secondary N) is 1. The fraction of sp³-hybridized carbons (Fsp3) is 0.529. The van der Waals surface area contributed by atoms with Crippen LogP contribution in [0.2, 0.25) is 0 Å². The summed E-state index contributed by atoms with van der Waals surface area (Å²) in [5.74, 6) is -0.320. The summed E-state index contributed by atoms with van der Waals surface area (Å²) in [7, 11) is 0. The molecule has 2 atom stereocenters. The van der Waals surface area contributed by atoms with Gasteiger partial charge in [-0.15, -0.1) is 0 Å². The number of hydrogen-bond acceptors (Lipinski definition) is 4. The minimum absolute atomic E-state index is 0.0117. The van der Waals surface area contributed by atoms with Crippen molar-refractivity contribution < 1.29 is 24.2 Å². The largest absolute Gasteiger partial charge is 0.492 e. The average Bonchev–Trinajstić information content (AvgIpc) is 3.07. The van der Waals surface area contributed by atoms with Crippen LogP contribution in [0.3, 0.4) is 0 Å². The Bertz CT molecular complexity index is 691. The minimum atomic E-state index is -1.13. The monoisotopic (exact) mass is 319 g/mol. The van der Waals surface area contributed by atoms with Gasteiger partial charge in [-0.2, -0.15) is 0 Å². The molecule has 0 aromatic heterocycles. The van der Waals surface area contributed by atoms with Gasteiger partial charge in [0.05, 0.1) is 12.3 Å². The van der Waals surface area contributed by atoms with Gasteiger partial charge in [0, 0.05) is 16.9 Å². The van der Waals surface area contributed by atoms with Crippen molar-refractivity contribution in [3.05, 3.63) is 23.3 Å². The predicted octanol–water partition coefficient (Wildman–Crippen LogP) is 3.40. The molecule has 1 saturated carbocycles. The fourth-order valence-corrected chi connectivity index (χ4v) is 3.12. The van der Waals surface area contributed by atoms with Crippen LogP contribution in [-0.2, 0) is 10.2 Å². The van der Waals surface area contributed by atoms with E-state index in [1.54, 1.807) is 26.8 Å². The number of carboxylic acids is 1. The van der Waals surface area contributed by atoms with Gasteiger partial charge in [0.1, 0.15) is 16.9 Å². The van der Waals surface area contributed by atoms with Gasteiger partial charge in [-0.1, -0.05) is 13.0 Å². The summed E-state index contributed by atoms with van der Waals surface area (Å²) in [6, 6.07) is 3.45. The molecule has 1 aliphatic heterocycles. The Morgan fingerprint density at radius 2 is 2.09 bits per heavy atom. The van der Waals surface area contributed by atoms with Crippen molar-refractivity contribution >= 4 is 17.7 Å². The molecule has 2 N–H and O–H groups in total. The Labute approximate surface area is 134 Å². The van der Waals surface area contributed by atoms with Crippen molar-refractivity contribution in [1.82, 2.24) is 0 Å². The van der Waals surface area contributed by atoms with E-state index in [4.69, 9.17) is 9.47 Å². The molecule has 23 heavy (non-hydrogen) atoms. The number of benzene rings is 1. The number of ether oxygens (including phenoxy) is 2. The van der Waals surface area contributed by atoms with E-state index in [0.717, 1.165) is 12.0 Å². The number of hydrogen-bond donors (Lipinski definition) is 2. The molecule has 0 spiro atoms. The van der Waals surface area contributed by atoms with Crippen LogP contribution < -0.4 is 10.1 Å². The van der Waals surface area contributed by atoms with Gasteiger partial charge in [-0.25, -0.2) is 9.59 Å². The van der Waals surface area contributed by atoms with Gasteiger partial charge in [-0.3, -0.25) is 5.32 Å². The van der Waals surface area contributed by atoms with Crippen molar-refractivity contribution in [2.75, 3.05) is 11.9 Å². The highest BCUT2D eigenvalue weighted by Gasteiger charge is 2.56. The third-order valence-corrected chi connectivity index (χ3v) is 4.46. The van der Waals surface area contributed by atoms with Crippen molar-refractivity contribution in [1.29, 1.82) is 0 Å². The second-order valence-corrected chi connectivity index (χ2v) is 7.43. The lowest BCUT2D eigenvalue weighted by molar-refractivity contribution is 0.0636. The topological polar surface area (TPSA) is 84.9 Å². The number of amides is 1. The Balaban J connectivity index is 1.96. The molecule has 1 amide bonds. The standard InChI is InChI=1S/C17H21NO5/c1-16(2,3)23-15(21)18-11-6-5-10-13(12(11)14(19)20)22-8-9-7-17(9,10)4/h5-6,9H,7-8H2,1-4H3,(H,18,21)(H,19,20). The maximum Gasteiger partial charge on any atom is 0.412 e. The Kier molecular flexibility index (Phi) is 3.32. The first-order valence-corrected chi connectivity index (χ1v) is 7.65. The zero-order valence-corrected chi connectivity index (χ0v) is 13.7. The maximum absolute atomic E-state index is 11.9. The summed E-state index contributed by atoms with van der Waals surface area (Å²) < 4.78 is 10.9. The number of aromatic carboxylic acids is 1. The number of carbonyl (C=O) groups is 2. The van der Waals surface area contributed by atoms with E-state index in [-0.39, 0.29) is 16.7 Å². The summed E-state index contributed by atoms with van der Waals surface area (Å²) in [6.45, 7) is 7.86. The molecule has 2 unspecified atom stereocenters. The summed E-state index contributed by atoms with van der Waals surface area (Å²) in [5.41, 5.74) is 0.406. The van der Waals surface area contributed by atoms with Crippen molar-refractivity contribution in [3.63, 3.8) is 0 Å². The molecule has 6 nitrogen and oxygen atoms in total. The van der Waals surface area contributed by atoms with Crippen molar-refractivity contribution in [2.24, 2.45) is 5.92 Å². The number of fused-ring (bicyclic) bond motifs is 3. The van der Waals surface area contributed by atoms with E-state index in [1.807, 2.05) is 6.07 Å². The van der Waals surface area contributed by atoms with E-state index in [1.165, 1.54) is 0 Å². The summed E-state index contributed by atoms with van der Waals surface area (Å²) in [4.78, 5) is 23.7. The van der Waals surface area contributed by atoms with Gasteiger partial charge in [0.25, 0.3) is 0 Å². The third-order valence-electron chi connectivity index (χ3n) is 4.46. The molecule has 1 aromatic rings. The van der Waals surface area contributed by atoms with Crippen LogP contribution in [0, 0.1) is 5.92 Å². The Morgan fingerprint density at radius 3 is 2.70 bits per heavy atom. The molecular weight excluding hydrogens is 298 g/mol. The van der Waals surface area contributed by atoms with Crippen LogP contribution in [0.5, 0.6) is 5.75 Å². The minimum Gasteiger partial charge on any atom is -0.492 e. The molecule has 1 aromatic carbocycles. The van der Waals surface area contributed by atoms with E-state index in [9.17, 15) is 14.7 Å². The first-order valence-electron chi connectivity index (χ1n) is 7.65. The van der Waals surface area contributed by atoms with Crippen molar-refractivity contribution in [3.8, 4) is 5.75 Å². The lowest BCUT2D eigenvalue weighted by atomic mass is 9.90. The highest BCUT2D eigenvalue weighted by atomic mass is 16.6. The molecule has 3 rings (SSSR count). The number of anilines is 1. The lowest BCUT2D eigenvalue weighted by Crippen LogP contribution is -2.28. The molecule has 0 radical (unpaired) electrons. The fourth-order valence-electron chi connectivity index (χ4n) is 3.12. The van der Waals surface area contributed by atoms with E-state index in [0.29, 0.717) is 18.3 Å². The smallest absolute Gasteiger partial charge is 0.412 e.